The molecule has 0 atom stereocenters. The van der Waals surface area contributed by atoms with Gasteiger partial charge in [0, 0.05) is 23.2 Å². The molecule has 32 heavy (non-hydrogen) atoms. The number of nitrogens with two attached hydrogens (primary N) is 1. The number of hydrogen-bond acceptors (Lipinski definition) is 10. The number of nitrogens with one attached hydrogen (secondary N) is 2. The molecular formula is C18H18N8O4S2. The van der Waals surface area contributed by atoms with Crippen molar-refractivity contribution in [1.82, 2.24) is 34.4 Å². The zero-order valence-electron chi connectivity index (χ0n) is 16.8. The lowest BCUT2D eigenvalue weighted by atomic mass is 10.1. The average Bonchev–Trinajstić information content (AvgIpc) is 3.52. The molecule has 0 unspecified atom stereocenters. The molecule has 0 saturated carbocycles. The largest absolute Gasteiger partial charge is 0.454 e. The predicted octanol–water partition coefficient (Wildman–Crippen LogP) is 1.23. The van der Waals surface area contributed by atoms with Crippen LogP contribution in [0.2, 0.25) is 0 Å². The van der Waals surface area contributed by atoms with Gasteiger partial charge in [0.05, 0.1) is 11.4 Å². The van der Waals surface area contributed by atoms with Gasteiger partial charge < -0.3 is 19.8 Å². The Bertz CT molecular complexity index is 1400. The first kappa shape index (κ1) is 20.5. The van der Waals surface area contributed by atoms with Gasteiger partial charge in [-0.2, -0.15) is 5.10 Å². The van der Waals surface area contributed by atoms with Crippen molar-refractivity contribution in [2.24, 2.45) is 0 Å². The second-order valence-electron chi connectivity index (χ2n) is 6.76. The number of H-pyrrole nitrogens is 1. The fraction of sp³-hybridized carbons (Fsp3) is 0.222. The fourth-order valence-corrected chi connectivity index (χ4v) is 4.93. The van der Waals surface area contributed by atoms with E-state index < -0.39 is 10.0 Å². The van der Waals surface area contributed by atoms with E-state index in [1.807, 2.05) is 18.2 Å². The Morgan fingerprint density at radius 3 is 2.84 bits per heavy atom. The number of fused-ring (bicyclic) bond motifs is 2. The standard InChI is InChI=1S/C18H18N8O4S2/c1-20-32(27,28)5-4-26-17-15(16(19)21-8-22-17)24-18(26)31-14-7-13-12(29-9-30-13)6-10(14)11-2-3-23-25-11/h2-3,6-8,20H,4-5,9H2,1H3,(H,23,25)(H2,19,21,22). The number of anilines is 1. The van der Waals surface area contributed by atoms with E-state index in [9.17, 15) is 8.42 Å². The summed E-state index contributed by atoms with van der Waals surface area (Å²) in [4.78, 5) is 13.7. The lowest BCUT2D eigenvalue weighted by molar-refractivity contribution is 0.174. The highest BCUT2D eigenvalue weighted by molar-refractivity contribution is 7.99. The second-order valence-corrected chi connectivity index (χ2v) is 9.82. The molecule has 1 aromatic carbocycles. The summed E-state index contributed by atoms with van der Waals surface area (Å²) in [7, 11) is -2.07. The second kappa shape index (κ2) is 7.96. The molecule has 12 nitrogen and oxygen atoms in total. The van der Waals surface area contributed by atoms with E-state index >= 15 is 0 Å². The van der Waals surface area contributed by atoms with Crippen LogP contribution in [0.5, 0.6) is 11.5 Å². The number of rotatable bonds is 7. The molecule has 3 aromatic heterocycles. The first-order valence-electron chi connectivity index (χ1n) is 9.45. The third kappa shape index (κ3) is 3.72. The maximum absolute atomic E-state index is 12.1. The highest BCUT2D eigenvalue weighted by atomic mass is 32.2. The number of imidazole rings is 1. The molecule has 5 rings (SSSR count). The van der Waals surface area contributed by atoms with Crippen molar-refractivity contribution < 1.29 is 17.9 Å². The first-order valence-corrected chi connectivity index (χ1v) is 11.9. The Morgan fingerprint density at radius 2 is 2.09 bits per heavy atom. The fourth-order valence-electron chi connectivity index (χ4n) is 3.24. The maximum atomic E-state index is 12.1. The van der Waals surface area contributed by atoms with Gasteiger partial charge in [-0.15, -0.1) is 0 Å². The summed E-state index contributed by atoms with van der Waals surface area (Å²) in [6.45, 7) is 0.261. The van der Waals surface area contributed by atoms with Crippen molar-refractivity contribution in [3.05, 3.63) is 30.7 Å². The number of aromatic amines is 1. The van der Waals surface area contributed by atoms with Crippen LogP contribution in [0.15, 0.2) is 40.8 Å². The summed E-state index contributed by atoms with van der Waals surface area (Å²) in [5, 5.41) is 7.60. The quantitative estimate of drug-likeness (QED) is 0.355. The zero-order chi connectivity index (χ0) is 22.3. The van der Waals surface area contributed by atoms with Gasteiger partial charge in [-0.05, 0) is 25.2 Å². The van der Waals surface area contributed by atoms with Gasteiger partial charge in [0.15, 0.2) is 33.6 Å². The number of sulfonamides is 1. The van der Waals surface area contributed by atoms with Crippen LogP contribution in [0.4, 0.5) is 5.82 Å². The number of hydrogen-bond donors (Lipinski definition) is 3. The molecule has 0 bridgehead atoms. The normalized spacial score (nSPS) is 13.2. The lowest BCUT2D eigenvalue weighted by Crippen LogP contribution is -2.25. The molecular weight excluding hydrogens is 456 g/mol. The topological polar surface area (TPSA) is 163 Å². The van der Waals surface area contributed by atoms with Crippen LogP contribution in [0.3, 0.4) is 0 Å². The summed E-state index contributed by atoms with van der Waals surface area (Å²) in [6, 6.07) is 5.54. The number of ether oxygens (including phenoxy) is 2. The van der Waals surface area contributed by atoms with Crippen LogP contribution < -0.4 is 19.9 Å². The van der Waals surface area contributed by atoms with Crippen molar-refractivity contribution in [2.45, 2.75) is 16.6 Å². The minimum absolute atomic E-state index is 0.126. The maximum Gasteiger partial charge on any atom is 0.231 e. The average molecular weight is 475 g/mol. The minimum atomic E-state index is -3.45. The third-order valence-electron chi connectivity index (χ3n) is 4.87. The summed E-state index contributed by atoms with van der Waals surface area (Å²) in [5.41, 5.74) is 8.38. The highest BCUT2D eigenvalue weighted by Gasteiger charge is 2.23. The van der Waals surface area contributed by atoms with Crippen molar-refractivity contribution in [2.75, 3.05) is 25.3 Å². The van der Waals surface area contributed by atoms with Gasteiger partial charge in [-0.1, -0.05) is 11.8 Å². The molecule has 166 valence electrons. The predicted molar refractivity (Wildman–Crippen MR) is 117 cm³/mol. The van der Waals surface area contributed by atoms with Gasteiger partial charge in [0.25, 0.3) is 0 Å². The van der Waals surface area contributed by atoms with Crippen LogP contribution in [0.25, 0.3) is 22.4 Å². The number of aromatic nitrogens is 6. The zero-order valence-corrected chi connectivity index (χ0v) is 18.4. The molecule has 1 aliphatic heterocycles. The molecule has 1 aliphatic rings. The van der Waals surface area contributed by atoms with E-state index in [2.05, 4.69) is 29.9 Å². The van der Waals surface area contributed by atoms with Crippen molar-refractivity contribution in [1.29, 1.82) is 0 Å². The summed E-state index contributed by atoms with van der Waals surface area (Å²) >= 11 is 1.32. The molecule has 0 spiro atoms. The molecule has 14 heteroatoms. The van der Waals surface area contributed by atoms with Crippen molar-refractivity contribution >= 4 is 38.8 Å². The Balaban J connectivity index is 1.62. The summed E-state index contributed by atoms with van der Waals surface area (Å²) < 4.78 is 39.2. The number of benzene rings is 1. The molecule has 0 saturated heterocycles. The Morgan fingerprint density at radius 1 is 1.28 bits per heavy atom. The van der Waals surface area contributed by atoms with Gasteiger partial charge in [0.1, 0.15) is 6.33 Å². The first-order chi connectivity index (χ1) is 15.4. The Hall–Kier alpha value is -3.36. The molecule has 0 amide bonds. The van der Waals surface area contributed by atoms with Crippen LogP contribution in [0.1, 0.15) is 0 Å². The molecule has 0 fully saturated rings. The lowest BCUT2D eigenvalue weighted by Gasteiger charge is -2.11. The highest BCUT2D eigenvalue weighted by Crippen LogP contribution is 2.44. The van der Waals surface area contributed by atoms with E-state index in [0.717, 1.165) is 10.5 Å². The number of nitrogen functional groups attached to an aromatic ring is 1. The Labute approximate surface area is 186 Å². The van der Waals surface area contributed by atoms with Crippen molar-refractivity contribution in [3.63, 3.8) is 0 Å². The number of aryl methyl sites for hydroxylation is 1. The summed E-state index contributed by atoms with van der Waals surface area (Å²) in [6.07, 6.45) is 3.05. The number of nitrogens with zero attached hydrogens (tertiary/aromatic N) is 5. The molecule has 0 radical (unpaired) electrons. The van der Waals surface area contributed by atoms with E-state index in [1.54, 1.807) is 10.8 Å². The van der Waals surface area contributed by atoms with Crippen LogP contribution in [-0.2, 0) is 16.6 Å². The van der Waals surface area contributed by atoms with Gasteiger partial charge in [0.2, 0.25) is 16.8 Å². The van der Waals surface area contributed by atoms with E-state index in [4.69, 9.17) is 15.2 Å². The van der Waals surface area contributed by atoms with Crippen molar-refractivity contribution in [3.8, 4) is 22.8 Å². The Kier molecular flexibility index (Phi) is 5.11. The molecule has 0 aliphatic carbocycles. The smallest absolute Gasteiger partial charge is 0.231 e. The van der Waals surface area contributed by atoms with Crippen LogP contribution >= 0.6 is 11.8 Å². The van der Waals surface area contributed by atoms with Crippen LogP contribution in [-0.4, -0.2) is 57.7 Å². The monoisotopic (exact) mass is 474 g/mol. The SMILES string of the molecule is CNS(=O)(=O)CCn1c(Sc2cc3c(cc2-c2cc[nH]n2)OCO3)nc2c(N)ncnc21. The summed E-state index contributed by atoms with van der Waals surface area (Å²) in [5.74, 6) is 1.28. The van der Waals surface area contributed by atoms with E-state index in [-0.39, 0.29) is 24.9 Å². The molecule has 4 heterocycles. The van der Waals surface area contributed by atoms with Crippen LogP contribution in [0, 0.1) is 0 Å². The van der Waals surface area contributed by atoms with E-state index in [1.165, 1.54) is 25.1 Å². The van der Waals surface area contributed by atoms with Gasteiger partial charge in [-0.3, -0.25) is 5.10 Å². The molecule has 4 aromatic rings. The van der Waals surface area contributed by atoms with E-state index in [0.29, 0.717) is 33.5 Å². The van der Waals surface area contributed by atoms with Gasteiger partial charge in [-0.25, -0.2) is 28.1 Å². The van der Waals surface area contributed by atoms with Gasteiger partial charge >= 0.3 is 0 Å². The third-order valence-corrected chi connectivity index (χ3v) is 7.27. The molecule has 4 N–H and O–H groups in total. The minimum Gasteiger partial charge on any atom is -0.454 e.